The average molecular weight is 284 g/mol. The van der Waals surface area contributed by atoms with Gasteiger partial charge in [0.1, 0.15) is 6.04 Å². The number of likely N-dealkylation sites (N-methyl/N-ethyl adjacent to an activating group) is 1. The molecule has 2 aliphatic heterocycles. The Morgan fingerprint density at radius 3 is 2.65 bits per heavy atom. The summed E-state index contributed by atoms with van der Waals surface area (Å²) in [6, 6.07) is -0.122. The maximum absolute atomic E-state index is 12.3. The molecule has 2 heterocycles. The van der Waals surface area contributed by atoms with E-state index < -0.39 is 0 Å². The van der Waals surface area contributed by atoms with E-state index in [1.54, 1.807) is 0 Å². The van der Waals surface area contributed by atoms with Crippen LogP contribution in [-0.2, 0) is 14.3 Å². The number of morpholine rings is 1. The van der Waals surface area contributed by atoms with Gasteiger partial charge in [0.05, 0.1) is 25.4 Å². The molecule has 0 saturated carbocycles. The normalized spacial score (nSPS) is 35.8. The Morgan fingerprint density at radius 1 is 1.30 bits per heavy atom. The molecule has 2 rings (SSSR count). The van der Waals surface area contributed by atoms with Crippen LogP contribution in [0.15, 0.2) is 0 Å². The van der Waals surface area contributed by atoms with Crippen LogP contribution in [0.3, 0.4) is 0 Å². The van der Waals surface area contributed by atoms with E-state index in [9.17, 15) is 4.79 Å². The van der Waals surface area contributed by atoms with Gasteiger partial charge < -0.3 is 14.8 Å². The van der Waals surface area contributed by atoms with Crippen LogP contribution in [0, 0.1) is 5.92 Å². The largest absolute Gasteiger partial charge is 0.378 e. The number of hydrogen-bond acceptors (Lipinski definition) is 4. The van der Waals surface area contributed by atoms with Gasteiger partial charge in [0, 0.05) is 13.1 Å². The molecular weight excluding hydrogens is 256 g/mol. The fraction of sp³-hybridized carbons (Fsp3) is 0.933. The molecule has 1 N–H and O–H groups in total. The predicted molar refractivity (Wildman–Crippen MR) is 77.6 cm³/mol. The maximum atomic E-state index is 12.3. The highest BCUT2D eigenvalue weighted by Crippen LogP contribution is 2.24. The summed E-state index contributed by atoms with van der Waals surface area (Å²) in [6.07, 6.45) is 2.66. The summed E-state index contributed by atoms with van der Waals surface area (Å²) in [5.41, 5.74) is 0. The summed E-state index contributed by atoms with van der Waals surface area (Å²) in [5, 5.41) is 3.11. The van der Waals surface area contributed by atoms with Crippen molar-refractivity contribution in [3.63, 3.8) is 0 Å². The summed E-state index contributed by atoms with van der Waals surface area (Å²) in [7, 11) is 0. The first kappa shape index (κ1) is 15.7. The third-order valence-corrected chi connectivity index (χ3v) is 4.31. The van der Waals surface area contributed by atoms with Gasteiger partial charge in [-0.05, 0) is 39.2 Å². The average Bonchev–Trinajstić information content (AvgIpc) is 2.43. The van der Waals surface area contributed by atoms with Crippen molar-refractivity contribution in [2.45, 2.75) is 51.9 Å². The molecule has 2 saturated heterocycles. The van der Waals surface area contributed by atoms with Gasteiger partial charge in [-0.2, -0.15) is 0 Å². The van der Waals surface area contributed by atoms with Gasteiger partial charge in [-0.25, -0.2) is 0 Å². The third kappa shape index (κ3) is 4.17. The highest BCUT2D eigenvalue weighted by Gasteiger charge is 2.30. The number of amides is 1. The molecular formula is C15H28N2O3. The maximum Gasteiger partial charge on any atom is 0.239 e. The standard InChI is InChI=1S/C15H28N2O3/c1-4-17-5-6-19-10-14(17)15(18)16-9-13-7-11(2)20-12(3)8-13/h11-14H,4-10H2,1-3H3,(H,16,18). The van der Waals surface area contributed by atoms with Crippen molar-refractivity contribution >= 4 is 5.91 Å². The van der Waals surface area contributed by atoms with Gasteiger partial charge in [-0.15, -0.1) is 0 Å². The first-order valence-electron chi connectivity index (χ1n) is 7.85. The summed E-state index contributed by atoms with van der Waals surface area (Å²) in [6.45, 7) is 10.1. The van der Waals surface area contributed by atoms with Crippen LogP contribution < -0.4 is 5.32 Å². The van der Waals surface area contributed by atoms with Crippen molar-refractivity contribution in [3.05, 3.63) is 0 Å². The molecule has 0 spiro atoms. The number of ether oxygens (including phenoxy) is 2. The van der Waals surface area contributed by atoms with Crippen molar-refractivity contribution in [3.8, 4) is 0 Å². The lowest BCUT2D eigenvalue weighted by Gasteiger charge is -2.35. The molecule has 0 aliphatic carbocycles. The van der Waals surface area contributed by atoms with E-state index in [4.69, 9.17) is 9.47 Å². The summed E-state index contributed by atoms with van der Waals surface area (Å²) in [4.78, 5) is 14.5. The van der Waals surface area contributed by atoms with Crippen LogP contribution in [0.4, 0.5) is 0 Å². The summed E-state index contributed by atoms with van der Waals surface area (Å²) >= 11 is 0. The van der Waals surface area contributed by atoms with E-state index in [1.807, 2.05) is 0 Å². The molecule has 0 aromatic heterocycles. The number of nitrogens with one attached hydrogen (secondary N) is 1. The topological polar surface area (TPSA) is 50.8 Å². The smallest absolute Gasteiger partial charge is 0.239 e. The lowest BCUT2D eigenvalue weighted by molar-refractivity contribution is -0.133. The van der Waals surface area contributed by atoms with Crippen LogP contribution >= 0.6 is 0 Å². The fourth-order valence-electron chi connectivity index (χ4n) is 3.33. The molecule has 116 valence electrons. The van der Waals surface area contributed by atoms with Crippen molar-refractivity contribution in [2.75, 3.05) is 32.8 Å². The van der Waals surface area contributed by atoms with Gasteiger partial charge in [0.2, 0.25) is 5.91 Å². The van der Waals surface area contributed by atoms with E-state index in [-0.39, 0.29) is 11.9 Å². The minimum absolute atomic E-state index is 0.110. The minimum atomic E-state index is -0.122. The molecule has 0 aromatic carbocycles. The highest BCUT2D eigenvalue weighted by atomic mass is 16.5. The SMILES string of the molecule is CCN1CCOCC1C(=O)NCC1CC(C)OC(C)C1. The van der Waals surface area contributed by atoms with E-state index in [2.05, 4.69) is 31.0 Å². The molecule has 5 nitrogen and oxygen atoms in total. The number of hydrogen-bond donors (Lipinski definition) is 1. The van der Waals surface area contributed by atoms with Crippen molar-refractivity contribution in [1.82, 2.24) is 10.2 Å². The van der Waals surface area contributed by atoms with E-state index >= 15 is 0 Å². The molecule has 3 atom stereocenters. The summed E-state index contributed by atoms with van der Waals surface area (Å²) < 4.78 is 11.2. The van der Waals surface area contributed by atoms with Crippen LogP contribution in [0.5, 0.6) is 0 Å². The van der Waals surface area contributed by atoms with Gasteiger partial charge >= 0.3 is 0 Å². The second-order valence-electron chi connectivity index (χ2n) is 6.06. The Bertz CT molecular complexity index is 314. The first-order valence-corrected chi connectivity index (χ1v) is 7.85. The minimum Gasteiger partial charge on any atom is -0.378 e. The molecule has 5 heteroatoms. The second-order valence-corrected chi connectivity index (χ2v) is 6.06. The van der Waals surface area contributed by atoms with E-state index in [0.717, 1.165) is 39.1 Å². The third-order valence-electron chi connectivity index (χ3n) is 4.31. The van der Waals surface area contributed by atoms with E-state index in [1.165, 1.54) is 0 Å². The second kappa shape index (κ2) is 7.38. The number of nitrogens with zero attached hydrogens (tertiary/aromatic N) is 1. The van der Waals surface area contributed by atoms with E-state index in [0.29, 0.717) is 24.7 Å². The van der Waals surface area contributed by atoms with Gasteiger partial charge in [-0.1, -0.05) is 6.92 Å². The Morgan fingerprint density at radius 2 is 2.00 bits per heavy atom. The zero-order valence-corrected chi connectivity index (χ0v) is 12.9. The van der Waals surface area contributed by atoms with Crippen LogP contribution in [0.1, 0.15) is 33.6 Å². The first-order chi connectivity index (χ1) is 9.60. The molecule has 20 heavy (non-hydrogen) atoms. The Kier molecular flexibility index (Phi) is 5.81. The summed E-state index contributed by atoms with van der Waals surface area (Å²) in [5.74, 6) is 0.635. The Labute approximate surface area is 122 Å². The molecule has 0 radical (unpaired) electrons. The van der Waals surface area contributed by atoms with Crippen LogP contribution in [0.2, 0.25) is 0 Å². The van der Waals surface area contributed by atoms with Crippen molar-refractivity contribution in [1.29, 1.82) is 0 Å². The van der Waals surface area contributed by atoms with Gasteiger partial charge in [-0.3, -0.25) is 9.69 Å². The highest BCUT2D eigenvalue weighted by molar-refractivity contribution is 5.82. The number of rotatable bonds is 4. The molecule has 2 fully saturated rings. The van der Waals surface area contributed by atoms with Crippen LogP contribution in [0.25, 0.3) is 0 Å². The molecule has 3 unspecified atom stereocenters. The molecule has 0 bridgehead atoms. The lowest BCUT2D eigenvalue weighted by atomic mass is 9.92. The fourth-order valence-corrected chi connectivity index (χ4v) is 3.33. The quantitative estimate of drug-likeness (QED) is 0.837. The Balaban J connectivity index is 1.79. The molecule has 2 aliphatic rings. The van der Waals surface area contributed by atoms with Gasteiger partial charge in [0.15, 0.2) is 0 Å². The molecule has 0 aromatic rings. The zero-order valence-electron chi connectivity index (χ0n) is 12.9. The zero-order chi connectivity index (χ0) is 14.5. The number of carbonyl (C=O) groups excluding carboxylic acids is 1. The van der Waals surface area contributed by atoms with Crippen molar-refractivity contribution in [2.24, 2.45) is 5.92 Å². The van der Waals surface area contributed by atoms with Crippen LogP contribution in [-0.4, -0.2) is 61.9 Å². The molecule has 1 amide bonds. The predicted octanol–water partition coefficient (Wildman–Crippen LogP) is 1.03. The number of carbonyl (C=O) groups is 1. The van der Waals surface area contributed by atoms with Gasteiger partial charge in [0.25, 0.3) is 0 Å². The Hall–Kier alpha value is -0.650. The lowest BCUT2D eigenvalue weighted by Crippen LogP contribution is -2.54. The monoisotopic (exact) mass is 284 g/mol. The van der Waals surface area contributed by atoms with Crippen molar-refractivity contribution < 1.29 is 14.3 Å².